The van der Waals surface area contributed by atoms with Gasteiger partial charge in [-0.1, -0.05) is 23.2 Å². The maximum Gasteiger partial charge on any atom is 0.251 e. The Kier molecular flexibility index (Phi) is 4.50. The van der Waals surface area contributed by atoms with Crippen LogP contribution < -0.4 is 4.90 Å². The number of halogens is 2. The van der Waals surface area contributed by atoms with Gasteiger partial charge in [-0.2, -0.15) is 0 Å². The van der Waals surface area contributed by atoms with Crippen molar-refractivity contribution < 1.29 is 19.1 Å². The number of benzene rings is 1. The van der Waals surface area contributed by atoms with Crippen molar-refractivity contribution in [2.24, 2.45) is 0 Å². The molecule has 0 bridgehead atoms. The Bertz CT molecular complexity index is 690. The lowest BCUT2D eigenvalue weighted by atomic mass is 10.0. The molecule has 1 spiro atoms. The van der Waals surface area contributed by atoms with Crippen LogP contribution in [0.2, 0.25) is 10.0 Å². The van der Waals surface area contributed by atoms with Gasteiger partial charge in [0.05, 0.1) is 31.4 Å². The van der Waals surface area contributed by atoms with E-state index in [-0.39, 0.29) is 18.2 Å². The highest BCUT2D eigenvalue weighted by Crippen LogP contribution is 2.35. The summed E-state index contributed by atoms with van der Waals surface area (Å²) in [5.41, 5.74) is 0.422. The zero-order valence-electron chi connectivity index (χ0n) is 13.5. The lowest BCUT2D eigenvalue weighted by molar-refractivity contribution is -0.188. The molecule has 3 aliphatic rings. The summed E-state index contributed by atoms with van der Waals surface area (Å²) in [6.07, 6.45) is 1.57. The predicted octanol–water partition coefficient (Wildman–Crippen LogP) is 2.46. The third-order valence-corrected chi connectivity index (χ3v) is 5.48. The van der Waals surface area contributed by atoms with Crippen LogP contribution in [0.5, 0.6) is 0 Å². The molecule has 1 atom stereocenters. The minimum absolute atomic E-state index is 0.164. The molecule has 25 heavy (non-hydrogen) atoms. The van der Waals surface area contributed by atoms with Gasteiger partial charge in [0.2, 0.25) is 5.91 Å². The van der Waals surface area contributed by atoms with Crippen LogP contribution in [-0.4, -0.2) is 54.8 Å². The average Bonchev–Trinajstić information content (AvgIpc) is 3.12. The van der Waals surface area contributed by atoms with Crippen LogP contribution in [0.3, 0.4) is 0 Å². The Balaban J connectivity index is 1.50. The topological polar surface area (TPSA) is 59.1 Å². The van der Waals surface area contributed by atoms with E-state index in [1.165, 1.54) is 4.90 Å². The number of carbonyl (C=O) groups is 2. The minimum atomic E-state index is -0.498. The quantitative estimate of drug-likeness (QED) is 0.733. The number of amides is 2. The molecule has 134 valence electrons. The molecule has 1 aromatic rings. The molecular weight excluding hydrogens is 367 g/mol. The average molecular weight is 385 g/mol. The van der Waals surface area contributed by atoms with Gasteiger partial charge in [0.25, 0.3) is 5.91 Å². The van der Waals surface area contributed by atoms with Crippen LogP contribution in [0, 0.1) is 0 Å². The van der Waals surface area contributed by atoms with Gasteiger partial charge in [0.15, 0.2) is 5.79 Å². The smallest absolute Gasteiger partial charge is 0.251 e. The van der Waals surface area contributed by atoms with Crippen molar-refractivity contribution in [2.75, 3.05) is 31.2 Å². The molecule has 3 fully saturated rings. The van der Waals surface area contributed by atoms with Crippen molar-refractivity contribution in [1.29, 1.82) is 0 Å². The van der Waals surface area contributed by atoms with E-state index in [1.807, 2.05) is 4.90 Å². The molecule has 0 radical (unpaired) electrons. The predicted molar refractivity (Wildman–Crippen MR) is 92.8 cm³/mol. The zero-order chi connectivity index (χ0) is 17.6. The Morgan fingerprint density at radius 1 is 1.00 bits per heavy atom. The van der Waals surface area contributed by atoms with Gasteiger partial charge < -0.3 is 9.47 Å². The second kappa shape index (κ2) is 6.52. The fraction of sp³-hybridized carbons (Fsp3) is 0.529. The molecule has 8 heteroatoms. The van der Waals surface area contributed by atoms with Gasteiger partial charge in [-0.05, 0) is 18.2 Å². The summed E-state index contributed by atoms with van der Waals surface area (Å²) in [6, 6.07) is 4.28. The standard InChI is InChI=1S/C17H18Cl2N2O4/c18-11-7-12(19)9-13(8-11)21-15(22)10-14(16(21)23)20-3-1-17(2-4-20)24-5-6-25-17/h7-9,14H,1-6,10H2/t14-/m0/s1. The fourth-order valence-electron chi connectivity index (χ4n) is 3.80. The zero-order valence-corrected chi connectivity index (χ0v) is 15.1. The van der Waals surface area contributed by atoms with Gasteiger partial charge in [-0.3, -0.25) is 14.5 Å². The molecule has 3 saturated heterocycles. The highest BCUT2D eigenvalue weighted by Gasteiger charge is 2.47. The van der Waals surface area contributed by atoms with E-state index in [1.54, 1.807) is 18.2 Å². The number of rotatable bonds is 2. The van der Waals surface area contributed by atoms with Crippen molar-refractivity contribution in [1.82, 2.24) is 4.90 Å². The Morgan fingerprint density at radius 3 is 2.20 bits per heavy atom. The molecule has 0 N–H and O–H groups in total. The molecule has 0 saturated carbocycles. The second-order valence-corrected chi connectivity index (χ2v) is 7.43. The number of hydrogen-bond acceptors (Lipinski definition) is 5. The number of likely N-dealkylation sites (tertiary alicyclic amines) is 1. The van der Waals surface area contributed by atoms with Crippen molar-refractivity contribution in [2.45, 2.75) is 31.1 Å². The van der Waals surface area contributed by atoms with Crippen LogP contribution in [0.25, 0.3) is 0 Å². The van der Waals surface area contributed by atoms with E-state index >= 15 is 0 Å². The van der Waals surface area contributed by atoms with Crippen molar-refractivity contribution in [3.8, 4) is 0 Å². The maximum absolute atomic E-state index is 12.9. The summed E-state index contributed by atoms with van der Waals surface area (Å²) < 4.78 is 11.4. The monoisotopic (exact) mass is 384 g/mol. The number of carbonyl (C=O) groups excluding carboxylic acids is 2. The first-order valence-electron chi connectivity index (χ1n) is 8.32. The third-order valence-electron chi connectivity index (χ3n) is 5.04. The summed E-state index contributed by atoms with van der Waals surface area (Å²) in [4.78, 5) is 28.6. The molecule has 0 unspecified atom stereocenters. The molecule has 1 aromatic carbocycles. The third kappa shape index (κ3) is 3.17. The van der Waals surface area contributed by atoms with E-state index in [4.69, 9.17) is 32.7 Å². The molecule has 3 heterocycles. The largest absolute Gasteiger partial charge is 0.347 e. The first-order chi connectivity index (χ1) is 12.0. The highest BCUT2D eigenvalue weighted by atomic mass is 35.5. The first kappa shape index (κ1) is 17.2. The van der Waals surface area contributed by atoms with E-state index < -0.39 is 11.8 Å². The van der Waals surface area contributed by atoms with Gasteiger partial charge in [0, 0.05) is 36.0 Å². The summed E-state index contributed by atoms with van der Waals surface area (Å²) in [6.45, 7) is 2.55. The molecule has 4 rings (SSSR count). The lowest BCUT2D eigenvalue weighted by Crippen LogP contribution is -2.51. The Labute approximate surface area is 155 Å². The minimum Gasteiger partial charge on any atom is -0.347 e. The fourth-order valence-corrected chi connectivity index (χ4v) is 4.32. The number of piperidine rings is 1. The number of imide groups is 1. The van der Waals surface area contributed by atoms with E-state index in [2.05, 4.69) is 0 Å². The molecular formula is C17H18Cl2N2O4. The number of anilines is 1. The molecule has 0 aromatic heterocycles. The number of hydrogen-bond donors (Lipinski definition) is 0. The van der Waals surface area contributed by atoms with Crippen LogP contribution in [0.1, 0.15) is 19.3 Å². The summed E-state index contributed by atoms with van der Waals surface area (Å²) >= 11 is 12.0. The van der Waals surface area contributed by atoms with Crippen molar-refractivity contribution >= 4 is 40.7 Å². The van der Waals surface area contributed by atoms with Gasteiger partial charge in [0.1, 0.15) is 0 Å². The van der Waals surface area contributed by atoms with Crippen molar-refractivity contribution in [3.05, 3.63) is 28.2 Å². The molecule has 6 nitrogen and oxygen atoms in total. The molecule has 0 aliphatic carbocycles. The number of nitrogens with zero attached hydrogens (tertiary/aromatic N) is 2. The van der Waals surface area contributed by atoms with Crippen LogP contribution in [0.4, 0.5) is 5.69 Å². The van der Waals surface area contributed by atoms with Crippen molar-refractivity contribution in [3.63, 3.8) is 0 Å². The van der Waals surface area contributed by atoms with E-state index in [0.717, 1.165) is 0 Å². The van der Waals surface area contributed by atoms with Gasteiger partial charge in [-0.25, -0.2) is 4.90 Å². The second-order valence-electron chi connectivity index (χ2n) is 6.56. The van der Waals surface area contributed by atoms with Crippen LogP contribution in [0.15, 0.2) is 18.2 Å². The summed E-state index contributed by atoms with van der Waals surface area (Å²) in [5, 5.41) is 0.781. The Morgan fingerprint density at radius 2 is 1.60 bits per heavy atom. The van der Waals surface area contributed by atoms with E-state index in [0.29, 0.717) is 54.9 Å². The Hall–Kier alpha value is -1.18. The summed E-state index contributed by atoms with van der Waals surface area (Å²) in [5.74, 6) is -0.961. The lowest BCUT2D eigenvalue weighted by Gasteiger charge is -2.39. The van der Waals surface area contributed by atoms with Gasteiger partial charge in [-0.15, -0.1) is 0 Å². The molecule has 3 aliphatic heterocycles. The highest BCUT2D eigenvalue weighted by molar-refractivity contribution is 6.35. The maximum atomic E-state index is 12.9. The van der Waals surface area contributed by atoms with Crippen LogP contribution >= 0.6 is 23.2 Å². The number of ether oxygens (including phenoxy) is 2. The summed E-state index contributed by atoms with van der Waals surface area (Å²) in [7, 11) is 0. The normalized spacial score (nSPS) is 26.8. The van der Waals surface area contributed by atoms with Gasteiger partial charge >= 0.3 is 0 Å². The van der Waals surface area contributed by atoms with Crippen LogP contribution in [-0.2, 0) is 19.1 Å². The molecule has 2 amide bonds. The SMILES string of the molecule is O=C1C[C@H](N2CCC3(CC2)OCCO3)C(=O)N1c1cc(Cl)cc(Cl)c1. The van der Waals surface area contributed by atoms with E-state index in [9.17, 15) is 9.59 Å². The first-order valence-corrected chi connectivity index (χ1v) is 9.08.